The predicted molar refractivity (Wildman–Crippen MR) is 85.2 cm³/mol. The molecule has 6 heteroatoms. The van der Waals surface area contributed by atoms with Crippen LogP contribution in [0.1, 0.15) is 39.0 Å². The number of carboxylic acids is 1. The number of esters is 1. The number of hydrogen-bond acceptors (Lipinski definition) is 5. The molecule has 4 saturated carbocycles. The zero-order valence-electron chi connectivity index (χ0n) is 14.3. The number of hydrogen-bond donors (Lipinski definition) is 3. The van der Waals surface area contributed by atoms with Gasteiger partial charge in [-0.25, -0.2) is 0 Å². The van der Waals surface area contributed by atoms with Gasteiger partial charge in [-0.05, 0) is 43.9 Å². The highest BCUT2D eigenvalue weighted by Crippen LogP contribution is 2.77. The molecule has 4 bridgehead atoms. The first-order chi connectivity index (χ1) is 11.7. The Morgan fingerprint density at radius 2 is 2.00 bits per heavy atom. The minimum absolute atomic E-state index is 0.0884. The molecule has 5 fully saturated rings. The maximum atomic E-state index is 12.7. The SMILES string of the molecule is C=C1C[C@]23CC1CC[C@H]2[C@@]12C[C@@H](O)[C@H](O)[C@@](C)(C(=O)O1)[C@H]2[C@@H]3C(=O)O. The van der Waals surface area contributed by atoms with Gasteiger partial charge in [0, 0.05) is 18.3 Å². The standard InChI is InChI=1S/C19H24O6/c1-8-5-18-6-9(8)3-4-11(18)19-7-10(20)14(21)17(2,16(24)25-19)13(19)12(18)15(22)23/h9-14,20-21H,1,3-7H2,2H3,(H,22,23)/t9?,10-,11-,12-,13-,14+,17+,18+,19-/m1/s1. The third-order valence-corrected chi connectivity index (χ3v) is 8.47. The molecular formula is C19H24O6. The first-order valence-electron chi connectivity index (χ1n) is 9.18. The van der Waals surface area contributed by atoms with Crippen molar-refractivity contribution in [2.45, 2.75) is 56.8 Å². The molecule has 0 aromatic heterocycles. The summed E-state index contributed by atoms with van der Waals surface area (Å²) in [6.07, 6.45) is 0.907. The number of fused-ring (bicyclic) bond motifs is 1. The topological polar surface area (TPSA) is 104 Å². The number of rotatable bonds is 1. The molecule has 0 amide bonds. The molecule has 1 heterocycles. The Morgan fingerprint density at radius 1 is 1.28 bits per heavy atom. The Morgan fingerprint density at radius 3 is 2.68 bits per heavy atom. The Kier molecular flexibility index (Phi) is 2.71. The Hall–Kier alpha value is -1.40. The summed E-state index contributed by atoms with van der Waals surface area (Å²) in [5.41, 5.74) is -1.70. The molecule has 1 unspecified atom stereocenters. The Balaban J connectivity index is 1.76. The highest BCUT2D eigenvalue weighted by atomic mass is 16.6. The third-order valence-electron chi connectivity index (χ3n) is 8.47. The molecule has 0 aromatic rings. The molecule has 1 saturated heterocycles. The van der Waals surface area contributed by atoms with Gasteiger partial charge in [0.2, 0.25) is 0 Å². The van der Waals surface area contributed by atoms with Gasteiger partial charge < -0.3 is 20.1 Å². The minimum atomic E-state index is -1.37. The lowest BCUT2D eigenvalue weighted by Crippen LogP contribution is -2.59. The van der Waals surface area contributed by atoms with Crippen molar-refractivity contribution in [2.24, 2.45) is 34.5 Å². The monoisotopic (exact) mass is 348 g/mol. The summed E-state index contributed by atoms with van der Waals surface area (Å²) >= 11 is 0. The number of aliphatic hydroxyl groups excluding tert-OH is 2. The highest BCUT2D eigenvalue weighted by molar-refractivity contribution is 5.85. The predicted octanol–water partition coefficient (Wildman–Crippen LogP) is 1.11. The van der Waals surface area contributed by atoms with Gasteiger partial charge >= 0.3 is 11.9 Å². The van der Waals surface area contributed by atoms with E-state index in [1.807, 2.05) is 0 Å². The van der Waals surface area contributed by atoms with E-state index in [-0.39, 0.29) is 12.3 Å². The molecule has 136 valence electrons. The molecule has 5 rings (SSSR count). The largest absolute Gasteiger partial charge is 0.481 e. The van der Waals surface area contributed by atoms with E-state index in [1.54, 1.807) is 6.92 Å². The fourth-order valence-electron chi connectivity index (χ4n) is 7.72. The van der Waals surface area contributed by atoms with E-state index in [9.17, 15) is 24.9 Å². The molecule has 25 heavy (non-hydrogen) atoms. The number of aliphatic carboxylic acids is 1. The summed E-state index contributed by atoms with van der Waals surface area (Å²) < 4.78 is 5.92. The van der Waals surface area contributed by atoms with Crippen molar-refractivity contribution in [3.63, 3.8) is 0 Å². The summed E-state index contributed by atoms with van der Waals surface area (Å²) in [7, 11) is 0. The van der Waals surface area contributed by atoms with E-state index < -0.39 is 52.4 Å². The van der Waals surface area contributed by atoms with Crippen LogP contribution in [0.25, 0.3) is 0 Å². The molecule has 3 N–H and O–H groups in total. The molecular weight excluding hydrogens is 324 g/mol. The second-order valence-electron chi connectivity index (χ2n) is 9.24. The lowest BCUT2D eigenvalue weighted by atomic mass is 9.58. The van der Waals surface area contributed by atoms with Gasteiger partial charge in [-0.1, -0.05) is 12.2 Å². The molecule has 5 aliphatic rings. The van der Waals surface area contributed by atoms with Gasteiger partial charge in [0.15, 0.2) is 0 Å². The molecule has 9 atom stereocenters. The number of aliphatic hydroxyl groups is 2. The van der Waals surface area contributed by atoms with Gasteiger partial charge in [-0.3, -0.25) is 9.59 Å². The van der Waals surface area contributed by atoms with Crippen LogP contribution in [0.5, 0.6) is 0 Å². The fourth-order valence-corrected chi connectivity index (χ4v) is 7.72. The first kappa shape index (κ1) is 15.8. The average molecular weight is 348 g/mol. The number of allylic oxidation sites excluding steroid dienone is 1. The van der Waals surface area contributed by atoms with Crippen LogP contribution < -0.4 is 0 Å². The van der Waals surface area contributed by atoms with Crippen LogP contribution in [0.2, 0.25) is 0 Å². The Labute approximate surface area is 145 Å². The third kappa shape index (κ3) is 1.44. The Bertz CT molecular complexity index is 717. The number of carboxylic acid groups (broad SMARTS) is 1. The van der Waals surface area contributed by atoms with Crippen LogP contribution in [-0.4, -0.2) is 45.1 Å². The van der Waals surface area contributed by atoms with Crippen LogP contribution in [0, 0.1) is 34.5 Å². The van der Waals surface area contributed by atoms with Crippen molar-refractivity contribution in [1.29, 1.82) is 0 Å². The molecule has 1 spiro atoms. The van der Waals surface area contributed by atoms with E-state index in [1.165, 1.54) is 0 Å². The molecule has 6 nitrogen and oxygen atoms in total. The van der Waals surface area contributed by atoms with Crippen molar-refractivity contribution in [3.05, 3.63) is 12.2 Å². The summed E-state index contributed by atoms with van der Waals surface area (Å²) in [5.74, 6) is -2.57. The molecule has 4 aliphatic carbocycles. The van der Waals surface area contributed by atoms with Gasteiger partial charge in [0.25, 0.3) is 0 Å². The quantitative estimate of drug-likeness (QED) is 0.484. The van der Waals surface area contributed by atoms with E-state index in [4.69, 9.17) is 4.74 Å². The van der Waals surface area contributed by atoms with Crippen molar-refractivity contribution in [1.82, 2.24) is 0 Å². The van der Waals surface area contributed by atoms with Gasteiger partial charge in [0.1, 0.15) is 11.0 Å². The zero-order valence-corrected chi connectivity index (χ0v) is 14.3. The van der Waals surface area contributed by atoms with Crippen molar-refractivity contribution in [3.8, 4) is 0 Å². The summed E-state index contributed by atoms with van der Waals surface area (Å²) in [6, 6.07) is 0. The minimum Gasteiger partial charge on any atom is -0.481 e. The van der Waals surface area contributed by atoms with Crippen LogP contribution in [0.15, 0.2) is 12.2 Å². The normalized spacial score (nSPS) is 58.7. The molecule has 0 radical (unpaired) electrons. The number of carbonyl (C=O) groups is 2. The van der Waals surface area contributed by atoms with Crippen molar-refractivity contribution in [2.75, 3.05) is 0 Å². The van der Waals surface area contributed by atoms with Gasteiger partial charge in [-0.2, -0.15) is 0 Å². The summed E-state index contributed by atoms with van der Waals surface area (Å²) in [6.45, 7) is 5.77. The maximum absolute atomic E-state index is 12.7. The van der Waals surface area contributed by atoms with Gasteiger partial charge in [0.05, 0.1) is 18.1 Å². The van der Waals surface area contributed by atoms with E-state index >= 15 is 0 Å². The van der Waals surface area contributed by atoms with Gasteiger partial charge in [-0.15, -0.1) is 0 Å². The zero-order chi connectivity index (χ0) is 17.9. The van der Waals surface area contributed by atoms with E-state index in [2.05, 4.69) is 6.58 Å². The number of carbonyl (C=O) groups excluding carboxylic acids is 1. The molecule has 1 aliphatic heterocycles. The van der Waals surface area contributed by atoms with E-state index in [0.29, 0.717) is 12.3 Å². The smallest absolute Gasteiger partial charge is 0.315 e. The summed E-state index contributed by atoms with van der Waals surface area (Å²) in [4.78, 5) is 25.2. The van der Waals surface area contributed by atoms with Crippen LogP contribution in [-0.2, 0) is 14.3 Å². The van der Waals surface area contributed by atoms with Crippen LogP contribution in [0.4, 0.5) is 0 Å². The summed E-state index contributed by atoms with van der Waals surface area (Å²) in [5, 5.41) is 31.3. The van der Waals surface area contributed by atoms with Crippen molar-refractivity contribution >= 4 is 11.9 Å². The first-order valence-corrected chi connectivity index (χ1v) is 9.18. The fraction of sp³-hybridized carbons (Fsp3) is 0.789. The van der Waals surface area contributed by atoms with Crippen LogP contribution in [0.3, 0.4) is 0 Å². The van der Waals surface area contributed by atoms with Crippen molar-refractivity contribution < 1.29 is 29.6 Å². The second kappa shape index (κ2) is 4.29. The lowest BCUT2D eigenvalue weighted by molar-refractivity contribution is -0.163. The molecule has 0 aromatic carbocycles. The second-order valence-corrected chi connectivity index (χ2v) is 9.24. The maximum Gasteiger partial charge on any atom is 0.315 e. The van der Waals surface area contributed by atoms with Crippen LogP contribution >= 0.6 is 0 Å². The number of ether oxygens (including phenoxy) is 1. The average Bonchev–Trinajstić information content (AvgIpc) is 3.00. The van der Waals surface area contributed by atoms with E-state index in [0.717, 1.165) is 24.8 Å². The highest BCUT2D eigenvalue weighted by Gasteiger charge is 2.84. The lowest BCUT2D eigenvalue weighted by Gasteiger charge is -2.46.